The average molecular weight is 350 g/mol. The van der Waals surface area contributed by atoms with Gasteiger partial charge < -0.3 is 19.7 Å². The van der Waals surface area contributed by atoms with Gasteiger partial charge in [0.15, 0.2) is 11.5 Å². The molecule has 0 aliphatic carbocycles. The van der Waals surface area contributed by atoms with Crippen LogP contribution in [0.5, 0.6) is 11.5 Å². The molecule has 2 aliphatic rings. The van der Waals surface area contributed by atoms with Crippen molar-refractivity contribution in [1.29, 1.82) is 0 Å². The van der Waals surface area contributed by atoms with Crippen molar-refractivity contribution < 1.29 is 19.1 Å². The number of carbonyl (C=O) groups excluding carboxylic acids is 2. The molecule has 2 aromatic rings. The van der Waals surface area contributed by atoms with E-state index in [-0.39, 0.29) is 25.0 Å². The Balaban J connectivity index is 1.31. The molecule has 132 valence electrons. The van der Waals surface area contributed by atoms with Gasteiger partial charge in [0.05, 0.1) is 0 Å². The molecule has 0 aromatic heterocycles. The van der Waals surface area contributed by atoms with Crippen LogP contribution in [-0.2, 0) is 11.3 Å². The third-order valence-electron chi connectivity index (χ3n) is 4.53. The predicted molar refractivity (Wildman–Crippen MR) is 95.5 cm³/mol. The lowest BCUT2D eigenvalue weighted by Gasteiger charge is -2.17. The molecule has 0 saturated carbocycles. The van der Waals surface area contributed by atoms with Crippen LogP contribution in [0.3, 0.4) is 0 Å². The molecule has 0 spiro atoms. The van der Waals surface area contributed by atoms with Gasteiger partial charge in [-0.15, -0.1) is 0 Å². The number of nitrogens with zero attached hydrogens (tertiary/aromatic N) is 1. The molecule has 2 aromatic carbocycles. The van der Waals surface area contributed by atoms with E-state index < -0.39 is 0 Å². The Kier molecular flexibility index (Phi) is 4.08. The van der Waals surface area contributed by atoms with Crippen LogP contribution >= 0.6 is 0 Å². The van der Waals surface area contributed by atoms with Crippen molar-refractivity contribution in [2.45, 2.75) is 13.0 Å². The molecule has 6 nitrogen and oxygen atoms in total. The lowest BCUT2D eigenvalue weighted by Crippen LogP contribution is -2.30. The second-order valence-corrected chi connectivity index (χ2v) is 6.16. The highest BCUT2D eigenvalue weighted by molar-refractivity contribution is 6.08. The van der Waals surface area contributed by atoms with E-state index in [1.165, 1.54) is 0 Å². The lowest BCUT2D eigenvalue weighted by molar-refractivity contribution is -0.121. The van der Waals surface area contributed by atoms with Gasteiger partial charge in [-0.2, -0.15) is 0 Å². The summed E-state index contributed by atoms with van der Waals surface area (Å²) in [5, 5.41) is 2.86. The van der Waals surface area contributed by atoms with Gasteiger partial charge in [0.2, 0.25) is 12.7 Å². The molecule has 0 atom stereocenters. The van der Waals surface area contributed by atoms with Gasteiger partial charge >= 0.3 is 0 Å². The monoisotopic (exact) mass is 350 g/mol. The van der Waals surface area contributed by atoms with E-state index in [4.69, 9.17) is 9.47 Å². The summed E-state index contributed by atoms with van der Waals surface area (Å²) in [7, 11) is 0. The van der Waals surface area contributed by atoms with Gasteiger partial charge in [-0.05, 0) is 23.8 Å². The third kappa shape index (κ3) is 2.90. The number of fused-ring (bicyclic) bond motifs is 2. The zero-order valence-electron chi connectivity index (χ0n) is 14.2. The topological polar surface area (TPSA) is 67.9 Å². The van der Waals surface area contributed by atoms with Crippen LogP contribution in [0, 0.1) is 0 Å². The second kappa shape index (κ2) is 6.55. The summed E-state index contributed by atoms with van der Waals surface area (Å²) >= 11 is 0. The Labute approximate surface area is 151 Å². The minimum absolute atomic E-state index is 0.103. The Morgan fingerprint density at radius 1 is 1.12 bits per heavy atom. The van der Waals surface area contributed by atoms with Crippen LogP contribution in [0.1, 0.15) is 27.9 Å². The first-order valence-corrected chi connectivity index (χ1v) is 8.39. The first kappa shape index (κ1) is 16.2. The molecule has 6 heteroatoms. The van der Waals surface area contributed by atoms with Crippen LogP contribution in [0.15, 0.2) is 49.0 Å². The highest BCUT2D eigenvalue weighted by Crippen LogP contribution is 2.32. The summed E-state index contributed by atoms with van der Waals surface area (Å²) < 4.78 is 10.6. The van der Waals surface area contributed by atoms with Gasteiger partial charge in [0, 0.05) is 36.3 Å². The molecule has 4 rings (SSSR count). The number of rotatable bonds is 5. The summed E-state index contributed by atoms with van der Waals surface area (Å²) in [6.07, 6.45) is 0.212. The Bertz CT molecular complexity index is 871. The molecular weight excluding hydrogens is 332 g/mol. The van der Waals surface area contributed by atoms with Crippen molar-refractivity contribution in [3.8, 4) is 11.5 Å². The minimum Gasteiger partial charge on any atom is -0.454 e. The molecule has 2 aliphatic heterocycles. The summed E-state index contributed by atoms with van der Waals surface area (Å²) in [4.78, 5) is 26.1. The molecule has 2 amide bonds. The molecule has 0 saturated heterocycles. The third-order valence-corrected chi connectivity index (χ3v) is 4.53. The van der Waals surface area contributed by atoms with E-state index in [0.717, 1.165) is 11.1 Å². The number of hydrogen-bond donors (Lipinski definition) is 1. The van der Waals surface area contributed by atoms with E-state index in [1.54, 1.807) is 11.0 Å². The largest absolute Gasteiger partial charge is 0.454 e. The number of hydrogen-bond acceptors (Lipinski definition) is 4. The Morgan fingerprint density at radius 2 is 1.88 bits per heavy atom. The lowest BCUT2D eigenvalue weighted by atomic mass is 10.1. The zero-order valence-corrected chi connectivity index (χ0v) is 14.2. The number of carbonyl (C=O) groups is 2. The Morgan fingerprint density at radius 3 is 2.69 bits per heavy atom. The molecule has 0 unspecified atom stereocenters. The maximum atomic E-state index is 12.4. The van der Waals surface area contributed by atoms with Crippen molar-refractivity contribution >= 4 is 17.5 Å². The molecule has 0 bridgehead atoms. The number of nitrogens with one attached hydrogen (secondary N) is 1. The van der Waals surface area contributed by atoms with E-state index in [9.17, 15) is 9.59 Å². The van der Waals surface area contributed by atoms with Crippen LogP contribution in [0.2, 0.25) is 0 Å². The van der Waals surface area contributed by atoms with E-state index in [0.29, 0.717) is 35.8 Å². The minimum atomic E-state index is -0.126. The van der Waals surface area contributed by atoms with Crippen LogP contribution < -0.4 is 14.8 Å². The molecule has 0 fully saturated rings. The molecule has 1 N–H and O–H groups in total. The first-order chi connectivity index (χ1) is 12.6. The summed E-state index contributed by atoms with van der Waals surface area (Å²) in [6.45, 7) is 4.90. The van der Waals surface area contributed by atoms with Gasteiger partial charge in [-0.3, -0.25) is 9.59 Å². The van der Waals surface area contributed by atoms with E-state index in [2.05, 4.69) is 11.9 Å². The molecule has 26 heavy (non-hydrogen) atoms. The average Bonchev–Trinajstić information content (AvgIpc) is 3.22. The van der Waals surface area contributed by atoms with Gasteiger partial charge in [0.1, 0.15) is 0 Å². The standard InChI is InChI=1S/C20H18N2O4/c1-13-15-4-2-3-5-16(15)20(24)22(13)9-8-19(23)21-11-14-6-7-17-18(10-14)26-12-25-17/h2-7,10H,1,8-9,11-12H2,(H,21,23). The maximum Gasteiger partial charge on any atom is 0.258 e. The first-order valence-electron chi connectivity index (χ1n) is 8.39. The smallest absolute Gasteiger partial charge is 0.258 e. The normalized spacial score (nSPS) is 14.5. The van der Waals surface area contributed by atoms with E-state index in [1.807, 2.05) is 36.4 Å². The highest BCUT2D eigenvalue weighted by atomic mass is 16.7. The zero-order chi connectivity index (χ0) is 18.1. The van der Waals surface area contributed by atoms with Crippen LogP contribution in [-0.4, -0.2) is 30.1 Å². The fourth-order valence-corrected chi connectivity index (χ4v) is 3.12. The highest BCUT2D eigenvalue weighted by Gasteiger charge is 2.30. The van der Waals surface area contributed by atoms with Crippen molar-refractivity contribution in [2.75, 3.05) is 13.3 Å². The van der Waals surface area contributed by atoms with E-state index >= 15 is 0 Å². The van der Waals surface area contributed by atoms with Gasteiger partial charge in [-0.25, -0.2) is 0 Å². The number of ether oxygens (including phenoxy) is 2. The van der Waals surface area contributed by atoms with Gasteiger partial charge in [-0.1, -0.05) is 30.8 Å². The van der Waals surface area contributed by atoms with Crippen molar-refractivity contribution in [2.24, 2.45) is 0 Å². The summed E-state index contributed by atoms with van der Waals surface area (Å²) in [5.41, 5.74) is 3.04. The summed E-state index contributed by atoms with van der Waals surface area (Å²) in [5.74, 6) is 1.17. The number of amides is 2. The van der Waals surface area contributed by atoms with Crippen molar-refractivity contribution in [3.63, 3.8) is 0 Å². The Hall–Kier alpha value is -3.28. The van der Waals surface area contributed by atoms with Crippen molar-refractivity contribution in [3.05, 3.63) is 65.7 Å². The molecular formula is C20H18N2O4. The van der Waals surface area contributed by atoms with Gasteiger partial charge in [0.25, 0.3) is 5.91 Å². The fourth-order valence-electron chi connectivity index (χ4n) is 3.12. The van der Waals surface area contributed by atoms with Crippen LogP contribution in [0.4, 0.5) is 0 Å². The quantitative estimate of drug-likeness (QED) is 0.900. The fraction of sp³-hybridized carbons (Fsp3) is 0.200. The summed E-state index contributed by atoms with van der Waals surface area (Å²) in [6, 6.07) is 12.9. The van der Waals surface area contributed by atoms with Crippen molar-refractivity contribution in [1.82, 2.24) is 10.2 Å². The maximum absolute atomic E-state index is 12.4. The SMILES string of the molecule is C=C1c2ccccc2C(=O)N1CCC(=O)NCc1ccc2c(c1)OCO2. The van der Waals surface area contributed by atoms with Crippen LogP contribution in [0.25, 0.3) is 5.70 Å². The second-order valence-electron chi connectivity index (χ2n) is 6.16. The molecule has 2 heterocycles. The molecule has 0 radical (unpaired) electrons. The predicted octanol–water partition coefficient (Wildman–Crippen LogP) is 2.55. The number of benzene rings is 2.